The largest absolute Gasteiger partial charge is 0.353 e. The van der Waals surface area contributed by atoms with Crippen LogP contribution in [0.25, 0.3) is 0 Å². The van der Waals surface area contributed by atoms with Crippen molar-refractivity contribution < 1.29 is 4.79 Å². The Labute approximate surface area is 71.3 Å². The molecule has 1 amide bonds. The highest BCUT2D eigenvalue weighted by Crippen LogP contribution is 2.01. The van der Waals surface area contributed by atoms with Crippen LogP contribution in [0.5, 0.6) is 0 Å². The SMILES string of the molecule is CSCC[C@@H]1NCCNC1=O. The molecule has 1 aliphatic heterocycles. The minimum atomic E-state index is 0.0520. The standard InChI is InChI=1S/C7H14N2OS/c1-11-5-2-6-7(10)9-4-3-8-6/h6,8H,2-5H2,1H3,(H,9,10)/t6-/m0/s1. The zero-order valence-corrected chi connectivity index (χ0v) is 7.54. The molecule has 1 fully saturated rings. The molecular weight excluding hydrogens is 160 g/mol. The van der Waals surface area contributed by atoms with Crippen molar-refractivity contribution in [1.29, 1.82) is 0 Å². The van der Waals surface area contributed by atoms with Crippen molar-refractivity contribution in [2.45, 2.75) is 12.5 Å². The van der Waals surface area contributed by atoms with Crippen molar-refractivity contribution in [2.75, 3.05) is 25.1 Å². The fourth-order valence-corrected chi connectivity index (χ4v) is 1.59. The molecule has 2 N–H and O–H groups in total. The van der Waals surface area contributed by atoms with Crippen LogP contribution in [-0.2, 0) is 4.79 Å². The van der Waals surface area contributed by atoms with Crippen molar-refractivity contribution >= 4 is 17.7 Å². The first-order valence-corrected chi connectivity index (χ1v) is 5.24. The second kappa shape index (κ2) is 4.62. The van der Waals surface area contributed by atoms with Gasteiger partial charge in [0.2, 0.25) is 5.91 Å². The maximum Gasteiger partial charge on any atom is 0.237 e. The lowest BCUT2D eigenvalue weighted by Crippen LogP contribution is -2.52. The van der Waals surface area contributed by atoms with Gasteiger partial charge in [-0.15, -0.1) is 0 Å². The predicted molar refractivity (Wildman–Crippen MR) is 47.8 cm³/mol. The quantitative estimate of drug-likeness (QED) is 0.624. The summed E-state index contributed by atoms with van der Waals surface area (Å²) in [6.07, 6.45) is 2.99. The molecule has 1 aliphatic rings. The number of carbonyl (C=O) groups excluding carboxylic acids is 1. The summed E-state index contributed by atoms with van der Waals surface area (Å²) in [6, 6.07) is 0.0520. The molecule has 0 aromatic heterocycles. The summed E-state index contributed by atoms with van der Waals surface area (Å²) >= 11 is 1.78. The lowest BCUT2D eigenvalue weighted by Gasteiger charge is -2.22. The number of amides is 1. The molecule has 0 aliphatic carbocycles. The normalized spacial score (nSPS) is 24.8. The number of thioether (sulfide) groups is 1. The van der Waals surface area contributed by atoms with Crippen LogP contribution in [0, 0.1) is 0 Å². The maximum absolute atomic E-state index is 11.1. The van der Waals surface area contributed by atoms with Crippen molar-refractivity contribution in [2.24, 2.45) is 0 Å². The molecule has 0 unspecified atom stereocenters. The second-order valence-electron chi connectivity index (χ2n) is 2.58. The summed E-state index contributed by atoms with van der Waals surface area (Å²) in [4.78, 5) is 11.1. The van der Waals surface area contributed by atoms with Gasteiger partial charge in [-0.2, -0.15) is 11.8 Å². The van der Waals surface area contributed by atoms with E-state index in [9.17, 15) is 4.79 Å². The van der Waals surface area contributed by atoms with Gasteiger partial charge < -0.3 is 10.6 Å². The number of nitrogens with one attached hydrogen (secondary N) is 2. The molecule has 0 spiro atoms. The minimum absolute atomic E-state index is 0.0520. The lowest BCUT2D eigenvalue weighted by molar-refractivity contribution is -0.124. The van der Waals surface area contributed by atoms with Gasteiger partial charge in [-0.3, -0.25) is 4.79 Å². The molecule has 3 nitrogen and oxygen atoms in total. The predicted octanol–water partition coefficient (Wildman–Crippen LogP) is -0.173. The van der Waals surface area contributed by atoms with E-state index in [1.54, 1.807) is 11.8 Å². The van der Waals surface area contributed by atoms with Crippen LogP contribution in [0.2, 0.25) is 0 Å². The smallest absolute Gasteiger partial charge is 0.237 e. The van der Waals surface area contributed by atoms with E-state index in [0.717, 1.165) is 25.3 Å². The van der Waals surface area contributed by atoms with Crippen LogP contribution in [0.15, 0.2) is 0 Å². The number of rotatable bonds is 3. The molecule has 0 saturated carbocycles. The maximum atomic E-state index is 11.1. The van der Waals surface area contributed by atoms with E-state index in [1.165, 1.54) is 0 Å². The van der Waals surface area contributed by atoms with Gasteiger partial charge in [-0.05, 0) is 18.4 Å². The Bertz CT molecular complexity index is 140. The van der Waals surface area contributed by atoms with Crippen molar-refractivity contribution in [3.63, 3.8) is 0 Å². The number of hydrogen-bond acceptors (Lipinski definition) is 3. The monoisotopic (exact) mass is 174 g/mol. The molecule has 1 saturated heterocycles. The van der Waals surface area contributed by atoms with Gasteiger partial charge in [0.15, 0.2) is 0 Å². The van der Waals surface area contributed by atoms with Crippen LogP contribution in [-0.4, -0.2) is 37.0 Å². The molecule has 0 aromatic carbocycles. The van der Waals surface area contributed by atoms with Gasteiger partial charge in [0.25, 0.3) is 0 Å². The zero-order valence-electron chi connectivity index (χ0n) is 6.72. The van der Waals surface area contributed by atoms with E-state index < -0.39 is 0 Å². The molecule has 0 radical (unpaired) electrons. The molecule has 64 valence electrons. The Morgan fingerprint density at radius 1 is 1.64 bits per heavy atom. The average molecular weight is 174 g/mol. The zero-order chi connectivity index (χ0) is 8.10. The van der Waals surface area contributed by atoms with Crippen molar-refractivity contribution in [3.05, 3.63) is 0 Å². The number of piperazine rings is 1. The van der Waals surface area contributed by atoms with E-state index in [4.69, 9.17) is 0 Å². The van der Waals surface area contributed by atoms with Crippen molar-refractivity contribution in [3.8, 4) is 0 Å². The van der Waals surface area contributed by atoms with Gasteiger partial charge >= 0.3 is 0 Å². The second-order valence-corrected chi connectivity index (χ2v) is 3.56. The molecule has 4 heteroatoms. The van der Waals surface area contributed by atoms with Crippen molar-refractivity contribution in [1.82, 2.24) is 10.6 Å². The first-order chi connectivity index (χ1) is 5.34. The minimum Gasteiger partial charge on any atom is -0.353 e. The average Bonchev–Trinajstić information content (AvgIpc) is 2.03. The van der Waals surface area contributed by atoms with Crippen LogP contribution >= 0.6 is 11.8 Å². The van der Waals surface area contributed by atoms with Crippen LogP contribution in [0.3, 0.4) is 0 Å². The molecule has 0 bridgehead atoms. The Hall–Kier alpha value is -0.220. The Morgan fingerprint density at radius 2 is 2.45 bits per heavy atom. The Kier molecular flexibility index (Phi) is 3.72. The number of carbonyl (C=O) groups is 1. The van der Waals surface area contributed by atoms with E-state index in [0.29, 0.717) is 0 Å². The summed E-state index contributed by atoms with van der Waals surface area (Å²) in [7, 11) is 0. The first kappa shape index (κ1) is 8.87. The fraction of sp³-hybridized carbons (Fsp3) is 0.857. The Balaban J connectivity index is 2.24. The third-order valence-electron chi connectivity index (χ3n) is 1.74. The highest BCUT2D eigenvalue weighted by Gasteiger charge is 2.19. The van der Waals surface area contributed by atoms with Crippen LogP contribution in [0.1, 0.15) is 6.42 Å². The van der Waals surface area contributed by atoms with E-state index in [-0.39, 0.29) is 11.9 Å². The van der Waals surface area contributed by atoms with Gasteiger partial charge in [-0.25, -0.2) is 0 Å². The van der Waals surface area contributed by atoms with Gasteiger partial charge in [0.05, 0.1) is 6.04 Å². The highest BCUT2D eigenvalue weighted by atomic mass is 32.2. The molecule has 1 atom stereocenters. The third-order valence-corrected chi connectivity index (χ3v) is 2.39. The van der Waals surface area contributed by atoms with E-state index in [2.05, 4.69) is 16.9 Å². The highest BCUT2D eigenvalue weighted by molar-refractivity contribution is 7.98. The van der Waals surface area contributed by atoms with Gasteiger partial charge in [0, 0.05) is 13.1 Å². The van der Waals surface area contributed by atoms with Gasteiger partial charge in [0.1, 0.15) is 0 Å². The summed E-state index contributed by atoms with van der Waals surface area (Å²) < 4.78 is 0. The van der Waals surface area contributed by atoms with Crippen LogP contribution in [0.4, 0.5) is 0 Å². The van der Waals surface area contributed by atoms with E-state index in [1.807, 2.05) is 0 Å². The summed E-state index contributed by atoms with van der Waals surface area (Å²) in [5.74, 6) is 1.20. The third kappa shape index (κ3) is 2.71. The summed E-state index contributed by atoms with van der Waals surface area (Å²) in [6.45, 7) is 1.68. The number of hydrogen-bond donors (Lipinski definition) is 2. The molecule has 1 heterocycles. The molecule has 1 rings (SSSR count). The first-order valence-electron chi connectivity index (χ1n) is 3.84. The molecular formula is C7H14N2OS. The van der Waals surface area contributed by atoms with E-state index >= 15 is 0 Å². The lowest BCUT2D eigenvalue weighted by atomic mass is 10.2. The van der Waals surface area contributed by atoms with Crippen LogP contribution < -0.4 is 10.6 Å². The van der Waals surface area contributed by atoms with Gasteiger partial charge in [-0.1, -0.05) is 0 Å². The molecule has 0 aromatic rings. The topological polar surface area (TPSA) is 41.1 Å². The summed E-state index contributed by atoms with van der Waals surface area (Å²) in [5, 5.41) is 6.01. The Morgan fingerprint density at radius 3 is 3.09 bits per heavy atom. The molecule has 11 heavy (non-hydrogen) atoms. The fourth-order valence-electron chi connectivity index (χ4n) is 1.12. The summed E-state index contributed by atoms with van der Waals surface area (Å²) in [5.41, 5.74) is 0.